The van der Waals surface area contributed by atoms with Gasteiger partial charge in [-0.2, -0.15) is 18.3 Å². The molecule has 1 aromatic carbocycles. The molecule has 0 atom stereocenters. The van der Waals surface area contributed by atoms with Gasteiger partial charge in [0.2, 0.25) is 0 Å². The number of halogens is 5. The number of carbonyl (C=O) groups is 2. The molecule has 0 aliphatic rings. The zero-order valence-corrected chi connectivity index (χ0v) is 17.5. The van der Waals surface area contributed by atoms with Crippen LogP contribution in [0.15, 0.2) is 36.5 Å². The van der Waals surface area contributed by atoms with E-state index in [-0.39, 0.29) is 27.1 Å². The number of carbonyl (C=O) groups excluding carboxylic acids is 2. The van der Waals surface area contributed by atoms with Crippen LogP contribution in [0, 0.1) is 6.92 Å². The van der Waals surface area contributed by atoms with Crippen LogP contribution in [-0.4, -0.2) is 34.0 Å². The monoisotopic (exact) mass is 471 g/mol. The molecule has 2 aromatic heterocycles. The van der Waals surface area contributed by atoms with E-state index in [0.29, 0.717) is 11.6 Å². The second-order valence-corrected chi connectivity index (χ2v) is 7.16. The number of hydrogen-bond donors (Lipinski definition) is 2. The number of hydrogen-bond acceptors (Lipinski definition) is 4. The van der Waals surface area contributed by atoms with E-state index in [0.717, 1.165) is 4.90 Å². The van der Waals surface area contributed by atoms with Crippen LogP contribution in [0.5, 0.6) is 0 Å². The number of aromatic nitrogens is 3. The van der Waals surface area contributed by atoms with Gasteiger partial charge in [-0.1, -0.05) is 23.2 Å². The SMILES string of the molecule is CNC(=O)c1cc(Cl)cc(C)c1N(C(=O)c1cc(C(F)(F)F)[nH]n1)c1ncccc1Cl. The van der Waals surface area contributed by atoms with Crippen molar-refractivity contribution in [2.75, 3.05) is 11.9 Å². The van der Waals surface area contributed by atoms with Gasteiger partial charge in [-0.3, -0.25) is 19.6 Å². The number of anilines is 2. The fraction of sp³-hybridized carbons (Fsp3) is 0.158. The molecule has 31 heavy (non-hydrogen) atoms. The van der Waals surface area contributed by atoms with Crippen LogP contribution in [0.1, 0.15) is 32.1 Å². The third-order valence-corrected chi connectivity index (χ3v) is 4.73. The predicted octanol–water partition coefficient (Wildman–Crippen LogP) is 4.78. The fourth-order valence-electron chi connectivity index (χ4n) is 2.88. The number of nitrogens with one attached hydrogen (secondary N) is 2. The normalized spacial score (nSPS) is 11.3. The van der Waals surface area contributed by atoms with E-state index in [1.807, 2.05) is 0 Å². The number of aromatic amines is 1. The van der Waals surface area contributed by atoms with Crippen molar-refractivity contribution in [3.63, 3.8) is 0 Å². The van der Waals surface area contributed by atoms with Crippen molar-refractivity contribution in [3.05, 3.63) is 69.1 Å². The number of nitrogens with zero attached hydrogens (tertiary/aromatic N) is 3. The Labute approximate surface area is 184 Å². The number of amides is 2. The number of aryl methyl sites for hydroxylation is 1. The van der Waals surface area contributed by atoms with E-state index < -0.39 is 29.4 Å². The van der Waals surface area contributed by atoms with Crippen molar-refractivity contribution in [3.8, 4) is 0 Å². The summed E-state index contributed by atoms with van der Waals surface area (Å²) in [6, 6.07) is 6.34. The van der Waals surface area contributed by atoms with Gasteiger partial charge in [0.05, 0.1) is 16.3 Å². The van der Waals surface area contributed by atoms with Crippen molar-refractivity contribution >= 4 is 46.5 Å². The molecular weight excluding hydrogens is 458 g/mol. The first-order valence-corrected chi connectivity index (χ1v) is 9.40. The average Bonchev–Trinajstić information content (AvgIpc) is 3.20. The Kier molecular flexibility index (Phi) is 6.23. The number of benzene rings is 1. The Bertz CT molecular complexity index is 1160. The summed E-state index contributed by atoms with van der Waals surface area (Å²) in [5, 5.41) is 7.98. The summed E-state index contributed by atoms with van der Waals surface area (Å²) in [5.74, 6) is -1.66. The topological polar surface area (TPSA) is 91.0 Å². The molecule has 0 saturated carbocycles. The molecule has 0 saturated heterocycles. The highest BCUT2D eigenvalue weighted by Crippen LogP contribution is 2.38. The highest BCUT2D eigenvalue weighted by atomic mass is 35.5. The average molecular weight is 472 g/mol. The van der Waals surface area contributed by atoms with E-state index in [2.05, 4.69) is 15.4 Å². The minimum Gasteiger partial charge on any atom is -0.355 e. The van der Waals surface area contributed by atoms with E-state index in [1.54, 1.807) is 12.0 Å². The molecule has 0 aliphatic carbocycles. The molecule has 2 amide bonds. The Hall–Kier alpha value is -3.11. The maximum Gasteiger partial charge on any atom is 0.432 e. The summed E-state index contributed by atoms with van der Waals surface area (Å²) in [4.78, 5) is 30.9. The first-order chi connectivity index (χ1) is 14.5. The van der Waals surface area contributed by atoms with Gasteiger partial charge >= 0.3 is 6.18 Å². The van der Waals surface area contributed by atoms with E-state index in [4.69, 9.17) is 23.2 Å². The quantitative estimate of drug-likeness (QED) is 0.572. The van der Waals surface area contributed by atoms with Gasteiger partial charge < -0.3 is 5.32 Å². The predicted molar refractivity (Wildman–Crippen MR) is 109 cm³/mol. The number of H-pyrrole nitrogens is 1. The van der Waals surface area contributed by atoms with Crippen LogP contribution in [0.2, 0.25) is 10.0 Å². The zero-order valence-electron chi connectivity index (χ0n) is 16.0. The van der Waals surface area contributed by atoms with Gasteiger partial charge in [-0.25, -0.2) is 4.98 Å². The fourth-order valence-corrected chi connectivity index (χ4v) is 3.36. The van der Waals surface area contributed by atoms with Crippen molar-refractivity contribution < 1.29 is 22.8 Å². The van der Waals surface area contributed by atoms with Crippen LogP contribution in [0.3, 0.4) is 0 Å². The maximum absolute atomic E-state index is 13.4. The standard InChI is InChI=1S/C19H14Cl2F3N5O2/c1-9-6-10(20)7-11(17(30)25-2)15(9)29(16-12(21)4-3-5-26-16)18(31)13-8-14(28-27-13)19(22,23)24/h3-8H,1-2H3,(H,25,30)(H,27,28). The molecule has 12 heteroatoms. The van der Waals surface area contributed by atoms with E-state index >= 15 is 0 Å². The summed E-state index contributed by atoms with van der Waals surface area (Å²) in [7, 11) is 1.38. The third-order valence-electron chi connectivity index (χ3n) is 4.22. The molecule has 0 radical (unpaired) electrons. The first-order valence-electron chi connectivity index (χ1n) is 8.64. The molecule has 0 unspecified atom stereocenters. The first kappa shape index (κ1) is 22.6. The molecule has 0 spiro atoms. The third kappa shape index (κ3) is 4.49. The van der Waals surface area contributed by atoms with Crippen LogP contribution in [0.25, 0.3) is 0 Å². The summed E-state index contributed by atoms with van der Waals surface area (Å²) in [5.41, 5.74) is -1.33. The van der Waals surface area contributed by atoms with E-state index in [1.165, 1.54) is 37.5 Å². The molecule has 7 nitrogen and oxygen atoms in total. The lowest BCUT2D eigenvalue weighted by molar-refractivity contribution is -0.141. The highest BCUT2D eigenvalue weighted by Gasteiger charge is 2.36. The number of alkyl halides is 3. The molecule has 0 aliphatic heterocycles. The molecule has 3 rings (SSSR count). The molecule has 0 bridgehead atoms. The lowest BCUT2D eigenvalue weighted by Crippen LogP contribution is -2.31. The van der Waals surface area contributed by atoms with Gasteiger partial charge in [0, 0.05) is 24.3 Å². The van der Waals surface area contributed by atoms with Crippen molar-refractivity contribution in [2.24, 2.45) is 0 Å². The lowest BCUT2D eigenvalue weighted by Gasteiger charge is -2.26. The maximum atomic E-state index is 13.4. The second-order valence-electron chi connectivity index (χ2n) is 6.31. The van der Waals surface area contributed by atoms with Gasteiger partial charge in [0.25, 0.3) is 11.8 Å². The number of rotatable bonds is 4. The van der Waals surface area contributed by atoms with Gasteiger partial charge in [0.15, 0.2) is 11.5 Å². The Morgan fingerprint density at radius 1 is 1.19 bits per heavy atom. The van der Waals surface area contributed by atoms with Crippen molar-refractivity contribution in [2.45, 2.75) is 13.1 Å². The summed E-state index contributed by atoms with van der Waals surface area (Å²) >= 11 is 12.3. The molecular formula is C19H14Cl2F3N5O2. The minimum absolute atomic E-state index is 0.00542. The molecule has 2 N–H and O–H groups in total. The smallest absolute Gasteiger partial charge is 0.355 e. The molecule has 2 heterocycles. The van der Waals surface area contributed by atoms with E-state index in [9.17, 15) is 22.8 Å². The minimum atomic E-state index is -4.73. The van der Waals surface area contributed by atoms with Crippen molar-refractivity contribution in [1.82, 2.24) is 20.5 Å². The van der Waals surface area contributed by atoms with Crippen LogP contribution < -0.4 is 10.2 Å². The van der Waals surface area contributed by atoms with Crippen LogP contribution in [0.4, 0.5) is 24.7 Å². The van der Waals surface area contributed by atoms with Crippen molar-refractivity contribution in [1.29, 1.82) is 0 Å². The Morgan fingerprint density at radius 3 is 2.48 bits per heavy atom. The molecule has 162 valence electrons. The number of pyridine rings is 1. The molecule has 3 aromatic rings. The Morgan fingerprint density at radius 2 is 1.90 bits per heavy atom. The van der Waals surface area contributed by atoms with Gasteiger partial charge in [-0.05, 0) is 36.8 Å². The summed E-state index contributed by atoms with van der Waals surface area (Å²) in [6.45, 7) is 1.58. The summed E-state index contributed by atoms with van der Waals surface area (Å²) < 4.78 is 39.0. The van der Waals surface area contributed by atoms with Gasteiger partial charge in [-0.15, -0.1) is 0 Å². The second kappa shape index (κ2) is 8.56. The lowest BCUT2D eigenvalue weighted by atomic mass is 10.0. The largest absolute Gasteiger partial charge is 0.432 e. The van der Waals surface area contributed by atoms with Gasteiger partial charge in [0.1, 0.15) is 5.69 Å². The van der Waals surface area contributed by atoms with Crippen LogP contribution in [-0.2, 0) is 6.18 Å². The molecule has 0 fully saturated rings. The zero-order chi connectivity index (χ0) is 22.9. The van der Waals surface area contributed by atoms with Crippen LogP contribution >= 0.6 is 23.2 Å². The highest BCUT2D eigenvalue weighted by molar-refractivity contribution is 6.34. The summed E-state index contributed by atoms with van der Waals surface area (Å²) in [6.07, 6.45) is -3.39. The Balaban J connectivity index is 2.27.